The lowest BCUT2D eigenvalue weighted by molar-refractivity contribution is -0.385. The molecule has 1 aliphatic rings. The number of nitro groups is 1. The van der Waals surface area contributed by atoms with Crippen LogP contribution in [0.5, 0.6) is 0 Å². The van der Waals surface area contributed by atoms with Crippen LogP contribution < -0.4 is 5.32 Å². The fourth-order valence-electron chi connectivity index (χ4n) is 2.44. The van der Waals surface area contributed by atoms with Gasteiger partial charge in [0.05, 0.1) is 15.4 Å². The Kier molecular flexibility index (Phi) is 3.71. The zero-order chi connectivity index (χ0) is 14.1. The SMILES string of the molecule is O=[N+]([O-])c1cnc(NC2CCCc3sccc32)c(Br)c1. The molecule has 2 heterocycles. The van der Waals surface area contributed by atoms with Gasteiger partial charge in [0.2, 0.25) is 0 Å². The first-order valence-corrected chi connectivity index (χ1v) is 7.95. The highest BCUT2D eigenvalue weighted by molar-refractivity contribution is 9.10. The standard InChI is InChI=1S/C13H12BrN3O2S/c14-10-6-8(17(18)19)7-15-13(10)16-11-2-1-3-12-9(11)4-5-20-12/h4-7,11H,1-3H2,(H,15,16). The van der Waals surface area contributed by atoms with E-state index < -0.39 is 4.92 Å². The molecule has 0 aliphatic heterocycles. The average Bonchev–Trinajstić information content (AvgIpc) is 2.90. The molecule has 0 saturated carbocycles. The first-order chi connectivity index (χ1) is 9.65. The van der Waals surface area contributed by atoms with E-state index in [1.54, 1.807) is 11.3 Å². The Morgan fingerprint density at radius 3 is 3.15 bits per heavy atom. The summed E-state index contributed by atoms with van der Waals surface area (Å²) >= 11 is 5.13. The molecule has 0 spiro atoms. The quantitative estimate of drug-likeness (QED) is 0.659. The van der Waals surface area contributed by atoms with Crippen LogP contribution in [0.1, 0.15) is 29.3 Å². The third-order valence-corrected chi connectivity index (χ3v) is 5.00. The maximum Gasteiger partial charge on any atom is 0.288 e. The van der Waals surface area contributed by atoms with E-state index in [-0.39, 0.29) is 11.7 Å². The number of aromatic nitrogens is 1. The zero-order valence-electron chi connectivity index (χ0n) is 10.5. The first-order valence-electron chi connectivity index (χ1n) is 6.28. The molecule has 1 unspecified atom stereocenters. The Hall–Kier alpha value is -1.47. The topological polar surface area (TPSA) is 68.1 Å². The Morgan fingerprint density at radius 2 is 2.40 bits per heavy atom. The zero-order valence-corrected chi connectivity index (χ0v) is 12.9. The summed E-state index contributed by atoms with van der Waals surface area (Å²) in [6.45, 7) is 0. The number of anilines is 1. The fraction of sp³-hybridized carbons (Fsp3) is 0.308. The Bertz CT molecular complexity index is 659. The number of hydrogen-bond acceptors (Lipinski definition) is 5. The van der Waals surface area contributed by atoms with Crippen molar-refractivity contribution in [3.8, 4) is 0 Å². The lowest BCUT2D eigenvalue weighted by atomic mass is 9.94. The van der Waals surface area contributed by atoms with E-state index in [4.69, 9.17) is 0 Å². The van der Waals surface area contributed by atoms with Crippen LogP contribution in [0.4, 0.5) is 11.5 Å². The minimum Gasteiger partial charge on any atom is -0.362 e. The van der Waals surface area contributed by atoms with Crippen LogP contribution in [0.25, 0.3) is 0 Å². The highest BCUT2D eigenvalue weighted by Gasteiger charge is 2.22. The Labute approximate surface area is 128 Å². The molecule has 1 atom stereocenters. The average molecular weight is 354 g/mol. The maximum absolute atomic E-state index is 10.7. The Balaban J connectivity index is 1.84. The number of rotatable bonds is 3. The number of nitrogens with one attached hydrogen (secondary N) is 1. The fourth-order valence-corrected chi connectivity index (χ4v) is 3.87. The number of aryl methyl sites for hydroxylation is 1. The second-order valence-corrected chi connectivity index (χ2v) is 6.52. The minimum atomic E-state index is -0.445. The normalized spacial score (nSPS) is 17.6. The largest absolute Gasteiger partial charge is 0.362 e. The summed E-state index contributed by atoms with van der Waals surface area (Å²) in [6.07, 6.45) is 4.62. The molecule has 0 radical (unpaired) electrons. The minimum absolute atomic E-state index is 0.0118. The molecule has 2 aromatic rings. The van der Waals surface area contributed by atoms with Gasteiger partial charge in [-0.15, -0.1) is 11.3 Å². The monoisotopic (exact) mass is 353 g/mol. The van der Waals surface area contributed by atoms with E-state index in [2.05, 4.69) is 37.7 Å². The van der Waals surface area contributed by atoms with Gasteiger partial charge in [-0.3, -0.25) is 10.1 Å². The van der Waals surface area contributed by atoms with Crippen molar-refractivity contribution in [2.24, 2.45) is 0 Å². The third-order valence-electron chi connectivity index (χ3n) is 3.40. The van der Waals surface area contributed by atoms with Gasteiger partial charge in [-0.05, 0) is 52.2 Å². The first kappa shape index (κ1) is 13.5. The molecule has 0 bridgehead atoms. The molecular formula is C13H12BrN3O2S. The van der Waals surface area contributed by atoms with Crippen molar-refractivity contribution >= 4 is 38.8 Å². The number of nitrogens with zero attached hydrogens (tertiary/aromatic N) is 2. The predicted molar refractivity (Wildman–Crippen MR) is 82.2 cm³/mol. The Morgan fingerprint density at radius 1 is 1.55 bits per heavy atom. The van der Waals surface area contributed by atoms with Gasteiger partial charge in [-0.25, -0.2) is 4.98 Å². The molecule has 1 aliphatic carbocycles. The number of hydrogen-bond donors (Lipinski definition) is 1. The van der Waals surface area contributed by atoms with Gasteiger partial charge in [0, 0.05) is 10.9 Å². The van der Waals surface area contributed by atoms with Gasteiger partial charge < -0.3 is 5.32 Å². The van der Waals surface area contributed by atoms with Crippen molar-refractivity contribution in [2.45, 2.75) is 25.3 Å². The van der Waals surface area contributed by atoms with Crippen LogP contribution in [-0.2, 0) is 6.42 Å². The summed E-state index contributed by atoms with van der Waals surface area (Å²) in [4.78, 5) is 15.8. The number of fused-ring (bicyclic) bond motifs is 1. The molecule has 5 nitrogen and oxygen atoms in total. The molecule has 1 N–H and O–H groups in total. The van der Waals surface area contributed by atoms with Gasteiger partial charge in [0.15, 0.2) is 0 Å². The summed E-state index contributed by atoms with van der Waals surface area (Å²) in [5.41, 5.74) is 1.32. The van der Waals surface area contributed by atoms with Crippen LogP contribution in [0.3, 0.4) is 0 Å². The van der Waals surface area contributed by atoms with Crippen LogP contribution in [0, 0.1) is 10.1 Å². The van der Waals surface area contributed by atoms with E-state index in [0.29, 0.717) is 10.3 Å². The van der Waals surface area contributed by atoms with E-state index in [1.807, 2.05) is 0 Å². The van der Waals surface area contributed by atoms with Crippen LogP contribution in [0.2, 0.25) is 0 Å². The highest BCUT2D eigenvalue weighted by atomic mass is 79.9. The van der Waals surface area contributed by atoms with E-state index >= 15 is 0 Å². The number of halogens is 1. The molecule has 20 heavy (non-hydrogen) atoms. The summed E-state index contributed by atoms with van der Waals surface area (Å²) < 4.78 is 0.619. The van der Waals surface area contributed by atoms with Crippen LogP contribution >= 0.6 is 27.3 Å². The summed E-state index contributed by atoms with van der Waals surface area (Å²) in [5.74, 6) is 0.652. The second kappa shape index (κ2) is 5.49. The predicted octanol–water partition coefficient (Wildman–Crippen LogP) is 4.30. The molecule has 0 aromatic carbocycles. The van der Waals surface area contributed by atoms with Crippen molar-refractivity contribution in [1.29, 1.82) is 0 Å². The molecular weight excluding hydrogens is 342 g/mol. The molecule has 7 heteroatoms. The van der Waals surface area contributed by atoms with Gasteiger partial charge in [0.1, 0.15) is 12.0 Å². The van der Waals surface area contributed by atoms with E-state index in [9.17, 15) is 10.1 Å². The van der Waals surface area contributed by atoms with Crippen molar-refractivity contribution in [2.75, 3.05) is 5.32 Å². The maximum atomic E-state index is 10.7. The van der Waals surface area contributed by atoms with Gasteiger partial charge in [0.25, 0.3) is 5.69 Å². The highest BCUT2D eigenvalue weighted by Crippen LogP contribution is 2.36. The molecule has 2 aromatic heterocycles. The number of pyridine rings is 1. The van der Waals surface area contributed by atoms with E-state index in [1.165, 1.54) is 22.7 Å². The van der Waals surface area contributed by atoms with Crippen molar-refractivity contribution in [3.63, 3.8) is 0 Å². The van der Waals surface area contributed by atoms with Crippen LogP contribution in [0.15, 0.2) is 28.2 Å². The molecule has 3 rings (SSSR count). The third kappa shape index (κ3) is 2.55. The summed E-state index contributed by atoms with van der Waals surface area (Å²) in [5, 5.41) is 16.2. The van der Waals surface area contributed by atoms with Gasteiger partial charge in [-0.2, -0.15) is 0 Å². The lowest BCUT2D eigenvalue weighted by Crippen LogP contribution is -2.16. The summed E-state index contributed by atoms with van der Waals surface area (Å²) in [7, 11) is 0. The van der Waals surface area contributed by atoms with E-state index in [0.717, 1.165) is 19.3 Å². The van der Waals surface area contributed by atoms with Gasteiger partial charge in [-0.1, -0.05) is 0 Å². The summed E-state index contributed by atoms with van der Waals surface area (Å²) in [6, 6.07) is 3.86. The van der Waals surface area contributed by atoms with Crippen LogP contribution in [-0.4, -0.2) is 9.91 Å². The van der Waals surface area contributed by atoms with Gasteiger partial charge >= 0.3 is 0 Å². The molecule has 104 valence electrons. The molecule has 0 saturated heterocycles. The number of thiophene rings is 1. The smallest absolute Gasteiger partial charge is 0.288 e. The second-order valence-electron chi connectivity index (χ2n) is 4.67. The van der Waals surface area contributed by atoms with Crippen molar-refractivity contribution < 1.29 is 4.92 Å². The van der Waals surface area contributed by atoms with Crippen molar-refractivity contribution in [3.05, 3.63) is 48.7 Å². The molecule has 0 fully saturated rings. The molecule has 0 amide bonds. The lowest BCUT2D eigenvalue weighted by Gasteiger charge is -2.24. The van der Waals surface area contributed by atoms with Crippen molar-refractivity contribution in [1.82, 2.24) is 4.98 Å².